The predicted octanol–water partition coefficient (Wildman–Crippen LogP) is 3.04. The Hall–Kier alpha value is -3.27. The van der Waals surface area contributed by atoms with E-state index in [9.17, 15) is 4.79 Å². The maximum absolute atomic E-state index is 13.2. The van der Waals surface area contributed by atoms with Crippen molar-refractivity contribution in [1.29, 1.82) is 0 Å². The molecule has 0 fully saturated rings. The Kier molecular flexibility index (Phi) is 12.3. The van der Waals surface area contributed by atoms with Crippen molar-refractivity contribution in [2.45, 2.75) is 45.8 Å². The zero-order valence-corrected chi connectivity index (χ0v) is 25.7. The maximum Gasteiger partial charge on any atom is 0.336 e. The molecule has 2 heterocycles. The highest BCUT2D eigenvalue weighted by Crippen LogP contribution is 2.38. The van der Waals surface area contributed by atoms with Gasteiger partial charge in [-0.1, -0.05) is 6.08 Å². The number of ether oxygens (including phenoxy) is 2. The summed E-state index contributed by atoms with van der Waals surface area (Å²) in [7, 11) is 1.66. The van der Waals surface area contributed by atoms with E-state index in [0.29, 0.717) is 17.2 Å². The molecule has 1 aromatic carbocycles. The molecule has 1 aliphatic rings. The summed E-state index contributed by atoms with van der Waals surface area (Å²) in [6.07, 6.45) is 9.95. The quantitative estimate of drug-likeness (QED) is 0.154. The molecule has 1 aliphatic carbocycles. The lowest BCUT2D eigenvalue weighted by molar-refractivity contribution is -0.694. The summed E-state index contributed by atoms with van der Waals surface area (Å²) >= 11 is 1.39. The third kappa shape index (κ3) is 7.68. The Labute approximate surface area is 252 Å². The highest BCUT2D eigenvalue weighted by molar-refractivity contribution is 7.13. The summed E-state index contributed by atoms with van der Waals surface area (Å²) in [6.45, 7) is 9.51. The maximum atomic E-state index is 13.2. The molecule has 2 aromatic heterocycles. The number of hydrogen-bond donors (Lipinski definition) is 0. The minimum Gasteiger partial charge on any atom is -1.00 e. The lowest BCUT2D eigenvalue weighted by Gasteiger charge is -2.37. The number of halogens is 2. The predicted molar refractivity (Wildman–Crippen MR) is 156 cm³/mol. The Morgan fingerprint density at radius 3 is 2.45 bits per heavy atom. The Morgan fingerprint density at radius 1 is 1.15 bits per heavy atom. The second-order valence-corrected chi connectivity index (χ2v) is 10.1. The molecular formula is C29H35Cl2N5O3S. The SMILES string of the molecule is CCOC(=O)C1=CC(N(CC[n+]2ccc(C)cc2)c2ccc(OC)cc2)C=C(C)C1(C)/N=N/c1nccs1.Cl.[Cl-]. The number of azo groups is 1. The molecule has 11 heteroatoms. The van der Waals surface area contributed by atoms with Crippen molar-refractivity contribution in [2.75, 3.05) is 25.2 Å². The number of benzene rings is 1. The summed E-state index contributed by atoms with van der Waals surface area (Å²) in [5, 5.41) is 11.3. The minimum absolute atomic E-state index is 0. The van der Waals surface area contributed by atoms with Gasteiger partial charge in [-0.05, 0) is 69.2 Å². The number of aromatic nitrogens is 2. The van der Waals surface area contributed by atoms with Crippen molar-refractivity contribution in [1.82, 2.24) is 4.98 Å². The highest BCUT2D eigenvalue weighted by Gasteiger charge is 2.41. The van der Waals surface area contributed by atoms with Gasteiger partial charge < -0.3 is 26.8 Å². The second-order valence-electron chi connectivity index (χ2n) is 9.23. The van der Waals surface area contributed by atoms with Crippen molar-refractivity contribution >= 4 is 40.5 Å². The molecule has 0 saturated heterocycles. The Balaban J connectivity index is 0.00000280. The van der Waals surface area contributed by atoms with Gasteiger partial charge in [-0.2, -0.15) is 5.11 Å². The van der Waals surface area contributed by atoms with Gasteiger partial charge in [0, 0.05) is 29.4 Å². The summed E-state index contributed by atoms with van der Waals surface area (Å²) in [5.41, 5.74) is 2.64. The van der Waals surface area contributed by atoms with Gasteiger partial charge in [0.1, 0.15) is 11.3 Å². The molecule has 0 saturated carbocycles. The van der Waals surface area contributed by atoms with Crippen molar-refractivity contribution in [2.24, 2.45) is 10.2 Å². The molecule has 3 aromatic rings. The van der Waals surface area contributed by atoms with Gasteiger partial charge in [-0.3, -0.25) is 0 Å². The fourth-order valence-electron chi connectivity index (χ4n) is 4.34. The molecule has 0 spiro atoms. The van der Waals surface area contributed by atoms with Crippen molar-refractivity contribution in [3.63, 3.8) is 0 Å². The van der Waals surface area contributed by atoms with Crippen molar-refractivity contribution in [3.05, 3.63) is 89.2 Å². The van der Waals surface area contributed by atoms with Gasteiger partial charge in [-0.15, -0.1) is 28.9 Å². The van der Waals surface area contributed by atoms with E-state index >= 15 is 0 Å². The van der Waals surface area contributed by atoms with Crippen LogP contribution in [0, 0.1) is 6.92 Å². The highest BCUT2D eigenvalue weighted by atomic mass is 35.5. The van der Waals surface area contributed by atoms with Crippen molar-refractivity contribution < 1.29 is 31.2 Å². The molecule has 0 amide bonds. The van der Waals surface area contributed by atoms with E-state index in [4.69, 9.17) is 9.47 Å². The first-order valence-electron chi connectivity index (χ1n) is 12.6. The average molecular weight is 605 g/mol. The topological polar surface area (TPSA) is 80.3 Å². The molecule has 0 N–H and O–H groups in total. The molecule has 40 heavy (non-hydrogen) atoms. The summed E-state index contributed by atoms with van der Waals surface area (Å²) in [4.78, 5) is 19.7. The Morgan fingerprint density at radius 2 is 1.85 bits per heavy atom. The molecule has 0 radical (unpaired) electrons. The van der Waals surface area contributed by atoms with Crippen LogP contribution in [0.25, 0.3) is 0 Å². The van der Waals surface area contributed by atoms with Gasteiger partial charge in [-0.25, -0.2) is 14.3 Å². The van der Waals surface area contributed by atoms with Gasteiger partial charge in [0.05, 0.1) is 31.9 Å². The minimum atomic E-state index is -0.967. The van der Waals surface area contributed by atoms with E-state index in [0.717, 1.165) is 23.6 Å². The average Bonchev–Trinajstić information content (AvgIpc) is 3.45. The summed E-state index contributed by atoms with van der Waals surface area (Å²) < 4.78 is 13.0. The molecule has 214 valence electrons. The number of thiazole rings is 1. The van der Waals surface area contributed by atoms with E-state index in [2.05, 4.69) is 62.2 Å². The normalized spacial score (nSPS) is 18.2. The number of methoxy groups -OCH3 is 1. The van der Waals surface area contributed by atoms with E-state index in [1.54, 1.807) is 20.2 Å². The molecule has 2 unspecified atom stereocenters. The van der Waals surface area contributed by atoms with Crippen LogP contribution in [0.5, 0.6) is 5.75 Å². The molecule has 0 aliphatic heterocycles. The number of pyridine rings is 1. The number of carbonyl (C=O) groups is 1. The molecular weight excluding hydrogens is 569 g/mol. The van der Waals surface area contributed by atoms with Crippen LogP contribution in [0.4, 0.5) is 10.8 Å². The Bertz CT molecular complexity index is 1330. The standard InChI is InChI=1S/C29H34N5O3S.2ClH/c1-6-37-27(35)26-20-24(19-22(3)29(26,4)32-31-28-30-13-18-38-28)34(23-7-9-25(36-5)10-8-23)17-16-33-14-11-21(2)12-15-33;;/h7-15,18-20,24H,6,16-17H2,1-5H3;2*1H/q+1;;/p-1/b32-31+;;. The smallest absolute Gasteiger partial charge is 0.336 e. The molecule has 8 nitrogen and oxygen atoms in total. The second kappa shape index (κ2) is 14.9. The zero-order valence-electron chi connectivity index (χ0n) is 23.3. The van der Waals surface area contributed by atoms with Gasteiger partial charge >= 0.3 is 5.97 Å². The van der Waals surface area contributed by atoms with E-state index in [1.165, 1.54) is 16.9 Å². The fraction of sp³-hybridized carbons (Fsp3) is 0.345. The lowest BCUT2D eigenvalue weighted by atomic mass is 9.79. The third-order valence-electron chi connectivity index (χ3n) is 6.72. The first kappa shape index (κ1) is 32.9. The number of esters is 1. The monoisotopic (exact) mass is 603 g/mol. The number of hydrogen-bond acceptors (Lipinski definition) is 8. The van der Waals surface area contributed by atoms with E-state index in [1.807, 2.05) is 49.6 Å². The van der Waals surface area contributed by atoms with Crippen LogP contribution in [-0.4, -0.2) is 42.8 Å². The third-order valence-corrected chi connectivity index (χ3v) is 7.38. The molecule has 0 bridgehead atoms. The first-order valence-corrected chi connectivity index (χ1v) is 13.5. The lowest BCUT2D eigenvalue weighted by Crippen LogP contribution is -3.00. The number of nitrogens with zero attached hydrogens (tertiary/aromatic N) is 5. The molecule has 4 rings (SSSR count). The van der Waals surface area contributed by atoms with Crippen LogP contribution in [0.3, 0.4) is 0 Å². The fourth-order valence-corrected chi connectivity index (χ4v) is 4.79. The van der Waals surface area contributed by atoms with E-state index < -0.39 is 11.5 Å². The van der Waals surface area contributed by atoms with Gasteiger partial charge in [0.2, 0.25) is 5.13 Å². The first-order chi connectivity index (χ1) is 18.3. The summed E-state index contributed by atoms with van der Waals surface area (Å²) in [5.74, 6) is 0.392. The van der Waals surface area contributed by atoms with Crippen LogP contribution in [0.1, 0.15) is 26.3 Å². The van der Waals surface area contributed by atoms with Crippen LogP contribution < -0.4 is 26.6 Å². The zero-order chi connectivity index (χ0) is 27.1. The van der Waals surface area contributed by atoms with Crippen LogP contribution in [-0.2, 0) is 16.1 Å². The van der Waals surface area contributed by atoms with Crippen LogP contribution in [0.15, 0.2) is 93.9 Å². The van der Waals surface area contributed by atoms with Gasteiger partial charge in [0.15, 0.2) is 18.9 Å². The van der Waals surface area contributed by atoms with Gasteiger partial charge in [0.25, 0.3) is 0 Å². The summed E-state index contributed by atoms with van der Waals surface area (Å²) in [6, 6.07) is 12.0. The molecule has 2 atom stereocenters. The largest absolute Gasteiger partial charge is 1.00 e. The van der Waals surface area contributed by atoms with Crippen LogP contribution in [0.2, 0.25) is 0 Å². The number of carbonyl (C=O) groups excluding carboxylic acids is 1. The van der Waals surface area contributed by atoms with E-state index in [-0.39, 0.29) is 37.5 Å². The number of rotatable bonds is 10. The number of aryl methyl sites for hydroxylation is 1. The van der Waals surface area contributed by atoms with Crippen LogP contribution >= 0.6 is 23.7 Å². The number of anilines is 1. The van der Waals surface area contributed by atoms with Crippen molar-refractivity contribution in [3.8, 4) is 5.75 Å².